The fourth-order valence-corrected chi connectivity index (χ4v) is 11.0. The fourth-order valence-electron chi connectivity index (χ4n) is 8.10. The van der Waals surface area contributed by atoms with Gasteiger partial charge in [0.2, 0.25) is 0 Å². The smallest absolute Gasteiger partial charge is 0.192 e. The third-order valence-electron chi connectivity index (χ3n) is 11.1. The van der Waals surface area contributed by atoms with Crippen molar-refractivity contribution in [2.45, 2.75) is 129 Å². The lowest BCUT2D eigenvalue weighted by Gasteiger charge is -2.52. The van der Waals surface area contributed by atoms with Gasteiger partial charge in [-0.2, -0.15) is 0 Å². The number of aliphatic hydroxyl groups is 1. The first-order valence-electron chi connectivity index (χ1n) is 16.8. The van der Waals surface area contributed by atoms with Crippen molar-refractivity contribution in [2.75, 3.05) is 0 Å². The van der Waals surface area contributed by atoms with Crippen molar-refractivity contribution in [1.82, 2.24) is 0 Å². The van der Waals surface area contributed by atoms with E-state index in [1.807, 2.05) is 0 Å². The maximum absolute atomic E-state index is 11.5. The van der Waals surface area contributed by atoms with E-state index < -0.39 is 14.4 Å². The molecule has 3 aliphatic rings. The van der Waals surface area contributed by atoms with Gasteiger partial charge in [-0.3, -0.25) is 0 Å². The van der Waals surface area contributed by atoms with Crippen molar-refractivity contribution in [1.29, 1.82) is 0 Å². The lowest BCUT2D eigenvalue weighted by Crippen LogP contribution is -2.51. The lowest BCUT2D eigenvalue weighted by molar-refractivity contribution is -0.0729. The van der Waals surface area contributed by atoms with Crippen LogP contribution in [0.2, 0.25) is 18.1 Å². The zero-order chi connectivity index (χ0) is 30.6. The first kappa shape index (κ1) is 32.4. The van der Waals surface area contributed by atoms with Crippen LogP contribution in [0.1, 0.15) is 84.8 Å². The van der Waals surface area contributed by atoms with Gasteiger partial charge in [-0.05, 0) is 102 Å². The highest BCUT2D eigenvalue weighted by molar-refractivity contribution is 6.73. The predicted molar refractivity (Wildman–Crippen MR) is 178 cm³/mol. The maximum Gasteiger partial charge on any atom is 0.192 e. The van der Waals surface area contributed by atoms with E-state index in [0.29, 0.717) is 19.1 Å². The topological polar surface area (TPSA) is 47.9 Å². The van der Waals surface area contributed by atoms with E-state index >= 15 is 0 Å². The van der Waals surface area contributed by atoms with Crippen LogP contribution in [-0.4, -0.2) is 37.8 Å². The minimum atomic E-state index is -1.85. The summed E-state index contributed by atoms with van der Waals surface area (Å²) in [6.45, 7) is 15.1. The summed E-state index contributed by atoms with van der Waals surface area (Å²) >= 11 is 0. The molecular weight excluding hydrogens is 549 g/mol. The molecule has 5 rings (SSSR count). The molecule has 2 aromatic carbocycles. The quantitative estimate of drug-likeness (QED) is 0.206. The molecule has 3 aliphatic carbocycles. The number of benzene rings is 2. The maximum atomic E-state index is 11.5. The van der Waals surface area contributed by atoms with Gasteiger partial charge in [-0.1, -0.05) is 95.3 Å². The molecule has 0 heterocycles. The van der Waals surface area contributed by atoms with Gasteiger partial charge in [0.1, 0.15) is 12.2 Å². The van der Waals surface area contributed by atoms with Gasteiger partial charge in [0.25, 0.3) is 0 Å². The molecule has 4 nitrogen and oxygen atoms in total. The second-order valence-electron chi connectivity index (χ2n) is 13.7. The van der Waals surface area contributed by atoms with Gasteiger partial charge in [0, 0.05) is 0 Å². The average Bonchev–Trinajstić information content (AvgIpc) is 3.02. The Hall–Kier alpha value is -2.02. The molecule has 0 unspecified atom stereocenters. The van der Waals surface area contributed by atoms with Crippen LogP contribution < -0.4 is 0 Å². The highest BCUT2D eigenvalue weighted by atomic mass is 28.4. The molecule has 0 fully saturated rings. The molecular formula is C38H54O4Si. The van der Waals surface area contributed by atoms with Crippen LogP contribution in [-0.2, 0) is 27.1 Å². The van der Waals surface area contributed by atoms with Crippen molar-refractivity contribution >= 4 is 8.32 Å². The molecule has 2 bridgehead atoms. The normalized spacial score (nSPS) is 27.5. The minimum Gasteiger partial charge on any atom is -0.410 e. The molecule has 0 aliphatic heterocycles. The van der Waals surface area contributed by atoms with Gasteiger partial charge in [0.15, 0.2) is 8.32 Å². The first-order chi connectivity index (χ1) is 20.7. The molecule has 5 heteroatoms. The zero-order valence-electron chi connectivity index (χ0n) is 27.4. The van der Waals surface area contributed by atoms with Crippen LogP contribution in [0.4, 0.5) is 0 Å². The number of rotatable bonds is 11. The molecule has 2 aromatic rings. The summed E-state index contributed by atoms with van der Waals surface area (Å²) in [5.41, 5.74) is 7.39. The summed E-state index contributed by atoms with van der Waals surface area (Å²) in [4.78, 5) is 0. The van der Waals surface area contributed by atoms with Crippen molar-refractivity contribution in [2.24, 2.45) is 11.3 Å². The molecule has 0 radical (unpaired) electrons. The number of hydrogen-bond donors (Lipinski definition) is 1. The standard InChI is InChI=1S/C38H54O4Si/c1-7-43(8-2,9-3)42-34-24-30-23-32-31(21-16-22-33(32)39)36(40-25-28-17-12-10-13-18-28)37(35(27(34)4)38(30,5)6)41-26-29-19-14-11-15-20-29/h10-15,17-20,30,33-34,36-37,39H,7-9,16,21-26H2,1-6H3/t30-,33+,34-,36+,37+/m0/s1. The van der Waals surface area contributed by atoms with Crippen molar-refractivity contribution in [3.63, 3.8) is 0 Å². The van der Waals surface area contributed by atoms with Gasteiger partial charge < -0.3 is 19.0 Å². The fraction of sp³-hybridized carbons (Fsp3) is 0.579. The number of fused-ring (bicyclic) bond motifs is 2. The summed E-state index contributed by atoms with van der Waals surface area (Å²) in [7, 11) is -1.85. The van der Waals surface area contributed by atoms with E-state index in [9.17, 15) is 5.11 Å². The highest BCUT2D eigenvalue weighted by Gasteiger charge is 2.51. The Morgan fingerprint density at radius 2 is 1.37 bits per heavy atom. The molecule has 0 saturated carbocycles. The second kappa shape index (κ2) is 14.0. The Morgan fingerprint density at radius 1 is 0.814 bits per heavy atom. The SMILES string of the molecule is CC[Si](CC)(CC)O[C@H]1C[C@@H]2CC3=C(CCC[C@H]3O)[C@@H](OCc3ccccc3)[C@H](OCc3ccccc3)C(=C1C)C2(C)C. The monoisotopic (exact) mass is 602 g/mol. The number of hydrogen-bond acceptors (Lipinski definition) is 4. The largest absolute Gasteiger partial charge is 0.410 e. The summed E-state index contributed by atoms with van der Waals surface area (Å²) < 4.78 is 21.4. The molecule has 0 aromatic heterocycles. The van der Waals surface area contributed by atoms with Crippen LogP contribution in [0.5, 0.6) is 0 Å². The van der Waals surface area contributed by atoms with E-state index in [1.165, 1.54) is 22.3 Å². The van der Waals surface area contributed by atoms with Crippen LogP contribution in [0.25, 0.3) is 0 Å². The summed E-state index contributed by atoms with van der Waals surface area (Å²) in [6.07, 6.45) is 3.80. The average molecular weight is 603 g/mol. The molecule has 0 saturated heterocycles. The van der Waals surface area contributed by atoms with Gasteiger partial charge in [-0.15, -0.1) is 0 Å². The van der Waals surface area contributed by atoms with E-state index in [0.717, 1.165) is 61.4 Å². The molecule has 0 spiro atoms. The Balaban J connectivity index is 1.64. The zero-order valence-corrected chi connectivity index (χ0v) is 28.4. The third-order valence-corrected chi connectivity index (χ3v) is 15.7. The number of ether oxygens (including phenoxy) is 2. The lowest BCUT2D eigenvalue weighted by atomic mass is 9.58. The summed E-state index contributed by atoms with van der Waals surface area (Å²) in [5.74, 6) is 0.365. The van der Waals surface area contributed by atoms with E-state index in [2.05, 4.69) is 102 Å². The van der Waals surface area contributed by atoms with Gasteiger partial charge in [0.05, 0.1) is 25.4 Å². The summed E-state index contributed by atoms with van der Waals surface area (Å²) in [5, 5.41) is 11.5. The second-order valence-corrected chi connectivity index (χ2v) is 18.4. The third kappa shape index (κ3) is 6.82. The van der Waals surface area contributed by atoms with Gasteiger partial charge >= 0.3 is 0 Å². The van der Waals surface area contributed by atoms with Gasteiger partial charge in [-0.25, -0.2) is 0 Å². The number of aliphatic hydroxyl groups excluding tert-OH is 1. The van der Waals surface area contributed by atoms with Crippen molar-refractivity contribution in [3.8, 4) is 0 Å². The van der Waals surface area contributed by atoms with Crippen LogP contribution in [0.15, 0.2) is 83.0 Å². The first-order valence-corrected chi connectivity index (χ1v) is 19.4. The Bertz CT molecular complexity index is 1260. The Kier molecular flexibility index (Phi) is 10.5. The molecule has 0 amide bonds. The highest BCUT2D eigenvalue weighted by Crippen LogP contribution is 2.55. The Morgan fingerprint density at radius 3 is 1.93 bits per heavy atom. The minimum absolute atomic E-state index is 0.0834. The molecule has 1 N–H and O–H groups in total. The van der Waals surface area contributed by atoms with E-state index in [1.54, 1.807) is 0 Å². The van der Waals surface area contributed by atoms with Crippen molar-refractivity contribution < 1.29 is 19.0 Å². The molecule has 234 valence electrons. The predicted octanol–water partition coefficient (Wildman–Crippen LogP) is 9.16. The van der Waals surface area contributed by atoms with E-state index in [-0.39, 0.29) is 23.7 Å². The van der Waals surface area contributed by atoms with Crippen LogP contribution in [0.3, 0.4) is 0 Å². The van der Waals surface area contributed by atoms with E-state index in [4.69, 9.17) is 13.9 Å². The van der Waals surface area contributed by atoms with Crippen LogP contribution in [0, 0.1) is 11.3 Å². The summed E-state index contributed by atoms with van der Waals surface area (Å²) in [6, 6.07) is 24.4. The molecule has 43 heavy (non-hydrogen) atoms. The van der Waals surface area contributed by atoms with Crippen molar-refractivity contribution in [3.05, 3.63) is 94.1 Å². The molecule has 5 atom stereocenters. The Labute approximate surface area is 261 Å². The van der Waals surface area contributed by atoms with Crippen LogP contribution >= 0.6 is 0 Å².